The Morgan fingerprint density at radius 3 is 2.59 bits per heavy atom. The number of rotatable bonds is 6. The lowest BCUT2D eigenvalue weighted by molar-refractivity contribution is -0.157. The minimum Gasteiger partial charge on any atom is -0.336 e. The molecule has 0 saturated carbocycles. The first-order chi connectivity index (χ1) is 10.1. The molecule has 0 aliphatic carbocycles. The van der Waals surface area contributed by atoms with Crippen molar-refractivity contribution in [2.45, 2.75) is 58.3 Å². The third kappa shape index (κ3) is 6.11. The molecule has 0 aromatic rings. The van der Waals surface area contributed by atoms with Crippen molar-refractivity contribution in [1.29, 1.82) is 0 Å². The molecule has 1 heterocycles. The Bertz CT molecular complexity index is 401. The molecule has 22 heavy (non-hydrogen) atoms. The number of carbonyl (C=O) groups is 2. The van der Waals surface area contributed by atoms with Gasteiger partial charge >= 0.3 is 12.2 Å². The molecule has 0 spiro atoms. The molecule has 3 unspecified atom stereocenters. The highest BCUT2D eigenvalue weighted by Crippen LogP contribution is 2.20. The van der Waals surface area contributed by atoms with Gasteiger partial charge in [-0.2, -0.15) is 13.2 Å². The zero-order chi connectivity index (χ0) is 16.9. The highest BCUT2D eigenvalue weighted by molar-refractivity contribution is 5.88. The fraction of sp³-hybridized carbons (Fsp3) is 0.857. The Kier molecular flexibility index (Phi) is 6.49. The second kappa shape index (κ2) is 7.69. The van der Waals surface area contributed by atoms with E-state index in [1.165, 1.54) is 0 Å². The van der Waals surface area contributed by atoms with E-state index in [1.807, 2.05) is 6.92 Å². The Morgan fingerprint density at radius 2 is 2.05 bits per heavy atom. The van der Waals surface area contributed by atoms with Crippen LogP contribution in [0.1, 0.15) is 40.0 Å². The van der Waals surface area contributed by atoms with Crippen LogP contribution in [0.4, 0.5) is 18.0 Å². The molecule has 3 atom stereocenters. The van der Waals surface area contributed by atoms with Crippen LogP contribution >= 0.6 is 0 Å². The number of halogens is 3. The molecule has 2 N–H and O–H groups in total. The van der Waals surface area contributed by atoms with E-state index in [9.17, 15) is 22.8 Å². The predicted octanol–water partition coefficient (Wildman–Crippen LogP) is 2.27. The van der Waals surface area contributed by atoms with Crippen LogP contribution in [0, 0.1) is 5.92 Å². The van der Waals surface area contributed by atoms with Crippen molar-refractivity contribution < 1.29 is 22.8 Å². The van der Waals surface area contributed by atoms with Crippen molar-refractivity contribution in [2.75, 3.05) is 13.1 Å². The van der Waals surface area contributed by atoms with Gasteiger partial charge in [0.05, 0.1) is 0 Å². The standard InChI is InChI=1S/C14H24F3N3O2/c1-4-9(2)7-10(3)18-13(22)19-11-5-6-20(12(11)21)8-14(15,16)17/h9-11H,4-8H2,1-3H3,(H2,18,19,22). The maximum atomic E-state index is 12.3. The van der Waals surface area contributed by atoms with Crippen molar-refractivity contribution in [3.8, 4) is 0 Å². The predicted molar refractivity (Wildman–Crippen MR) is 76.2 cm³/mol. The van der Waals surface area contributed by atoms with Crippen LogP contribution in [0.15, 0.2) is 0 Å². The summed E-state index contributed by atoms with van der Waals surface area (Å²) in [6.45, 7) is 4.73. The van der Waals surface area contributed by atoms with Gasteiger partial charge in [0.25, 0.3) is 0 Å². The third-order valence-corrected chi connectivity index (χ3v) is 3.80. The molecule has 0 radical (unpaired) electrons. The van der Waals surface area contributed by atoms with Gasteiger partial charge < -0.3 is 15.5 Å². The summed E-state index contributed by atoms with van der Waals surface area (Å²) >= 11 is 0. The van der Waals surface area contributed by atoms with Gasteiger partial charge in [0.15, 0.2) is 0 Å². The van der Waals surface area contributed by atoms with Crippen molar-refractivity contribution in [3.05, 3.63) is 0 Å². The zero-order valence-electron chi connectivity index (χ0n) is 13.2. The molecule has 0 aromatic heterocycles. The van der Waals surface area contributed by atoms with Gasteiger partial charge in [-0.1, -0.05) is 20.3 Å². The van der Waals surface area contributed by atoms with E-state index in [0.29, 0.717) is 5.92 Å². The molecule has 1 saturated heterocycles. The molecular weight excluding hydrogens is 299 g/mol. The van der Waals surface area contributed by atoms with Crippen LogP contribution in [-0.4, -0.2) is 48.2 Å². The number of urea groups is 1. The maximum Gasteiger partial charge on any atom is 0.406 e. The minimum absolute atomic E-state index is 0.00567. The first-order valence-corrected chi connectivity index (χ1v) is 7.55. The monoisotopic (exact) mass is 323 g/mol. The molecule has 0 aromatic carbocycles. The second-order valence-electron chi connectivity index (χ2n) is 5.98. The summed E-state index contributed by atoms with van der Waals surface area (Å²) in [5.74, 6) is -0.215. The van der Waals surface area contributed by atoms with Crippen molar-refractivity contribution in [1.82, 2.24) is 15.5 Å². The summed E-state index contributed by atoms with van der Waals surface area (Å²) in [6.07, 6.45) is -2.41. The molecule has 1 fully saturated rings. The number of hydrogen-bond acceptors (Lipinski definition) is 2. The average Bonchev–Trinajstić information content (AvgIpc) is 2.69. The lowest BCUT2D eigenvalue weighted by Crippen LogP contribution is -2.49. The fourth-order valence-electron chi connectivity index (χ4n) is 2.50. The average molecular weight is 323 g/mol. The van der Waals surface area contributed by atoms with Crippen LogP contribution in [0.25, 0.3) is 0 Å². The summed E-state index contributed by atoms with van der Waals surface area (Å²) < 4.78 is 36.9. The van der Waals surface area contributed by atoms with Crippen molar-refractivity contribution in [2.24, 2.45) is 5.92 Å². The summed E-state index contributed by atoms with van der Waals surface area (Å²) in [5, 5.41) is 5.17. The lowest BCUT2D eigenvalue weighted by atomic mass is 10.0. The number of alkyl halides is 3. The van der Waals surface area contributed by atoms with E-state index < -0.39 is 30.7 Å². The molecule has 1 rings (SSSR count). The molecule has 1 aliphatic rings. The topological polar surface area (TPSA) is 61.4 Å². The van der Waals surface area contributed by atoms with Crippen LogP contribution in [0.3, 0.4) is 0 Å². The number of carbonyl (C=O) groups excluding carboxylic acids is 2. The summed E-state index contributed by atoms with van der Waals surface area (Å²) in [6, 6.07) is -1.45. The van der Waals surface area contributed by atoms with E-state index >= 15 is 0 Å². The van der Waals surface area contributed by atoms with Crippen molar-refractivity contribution >= 4 is 11.9 Å². The molecule has 1 aliphatic heterocycles. The molecule has 3 amide bonds. The van der Waals surface area contributed by atoms with E-state index in [1.54, 1.807) is 0 Å². The van der Waals surface area contributed by atoms with Gasteiger partial charge in [-0.05, 0) is 25.7 Å². The van der Waals surface area contributed by atoms with Gasteiger partial charge in [0, 0.05) is 12.6 Å². The molecular formula is C14H24F3N3O2. The van der Waals surface area contributed by atoms with Crippen molar-refractivity contribution in [3.63, 3.8) is 0 Å². The van der Waals surface area contributed by atoms with Gasteiger partial charge in [0.1, 0.15) is 12.6 Å². The zero-order valence-corrected chi connectivity index (χ0v) is 13.2. The number of nitrogens with zero attached hydrogens (tertiary/aromatic N) is 1. The molecule has 8 heteroatoms. The fourth-order valence-corrected chi connectivity index (χ4v) is 2.50. The van der Waals surface area contributed by atoms with Gasteiger partial charge in [-0.25, -0.2) is 4.79 Å². The number of amides is 3. The maximum absolute atomic E-state index is 12.3. The number of nitrogens with one attached hydrogen (secondary N) is 2. The highest BCUT2D eigenvalue weighted by atomic mass is 19.4. The summed E-state index contributed by atoms with van der Waals surface area (Å²) in [5.41, 5.74) is 0. The Morgan fingerprint density at radius 1 is 1.41 bits per heavy atom. The summed E-state index contributed by atoms with van der Waals surface area (Å²) in [4.78, 5) is 24.3. The van der Waals surface area contributed by atoms with E-state index in [0.717, 1.165) is 17.7 Å². The minimum atomic E-state index is -4.42. The second-order valence-corrected chi connectivity index (χ2v) is 5.98. The van der Waals surface area contributed by atoms with Crippen LogP contribution in [0.5, 0.6) is 0 Å². The summed E-state index contributed by atoms with van der Waals surface area (Å²) in [7, 11) is 0. The number of hydrogen-bond donors (Lipinski definition) is 2. The van der Waals surface area contributed by atoms with E-state index in [-0.39, 0.29) is 19.0 Å². The van der Waals surface area contributed by atoms with Crippen LogP contribution in [0.2, 0.25) is 0 Å². The Hall–Kier alpha value is -1.47. The Balaban J connectivity index is 2.41. The van der Waals surface area contributed by atoms with Gasteiger partial charge in [0.2, 0.25) is 5.91 Å². The largest absolute Gasteiger partial charge is 0.406 e. The van der Waals surface area contributed by atoms with Gasteiger partial charge in [-0.15, -0.1) is 0 Å². The SMILES string of the molecule is CCC(C)CC(C)NC(=O)NC1CCN(CC(F)(F)F)C1=O. The van der Waals surface area contributed by atoms with Crippen LogP contribution in [-0.2, 0) is 4.79 Å². The smallest absolute Gasteiger partial charge is 0.336 e. The Labute approximate surface area is 128 Å². The third-order valence-electron chi connectivity index (χ3n) is 3.80. The highest BCUT2D eigenvalue weighted by Gasteiger charge is 2.39. The van der Waals surface area contributed by atoms with Crippen LogP contribution < -0.4 is 10.6 Å². The van der Waals surface area contributed by atoms with Gasteiger partial charge in [-0.3, -0.25) is 4.79 Å². The quantitative estimate of drug-likeness (QED) is 0.788. The van der Waals surface area contributed by atoms with E-state index in [4.69, 9.17) is 0 Å². The first-order valence-electron chi connectivity index (χ1n) is 7.55. The number of likely N-dealkylation sites (tertiary alicyclic amines) is 1. The molecule has 128 valence electrons. The van der Waals surface area contributed by atoms with E-state index in [2.05, 4.69) is 24.5 Å². The lowest BCUT2D eigenvalue weighted by Gasteiger charge is -2.20. The normalized spacial score (nSPS) is 21.6. The molecule has 0 bridgehead atoms. The molecule has 5 nitrogen and oxygen atoms in total. The first kappa shape index (κ1) is 18.6.